The van der Waals surface area contributed by atoms with Gasteiger partial charge in [0.15, 0.2) is 6.10 Å². The molecule has 1 aromatic carbocycles. The van der Waals surface area contributed by atoms with Crippen molar-refractivity contribution in [2.24, 2.45) is 0 Å². The van der Waals surface area contributed by atoms with Gasteiger partial charge in [0.25, 0.3) is 5.91 Å². The van der Waals surface area contributed by atoms with Crippen molar-refractivity contribution in [3.63, 3.8) is 0 Å². The fourth-order valence-corrected chi connectivity index (χ4v) is 2.78. The van der Waals surface area contributed by atoms with Gasteiger partial charge in [-0.25, -0.2) is 4.98 Å². The Morgan fingerprint density at radius 3 is 2.52 bits per heavy atom. The molecule has 2 heterocycles. The molecule has 0 aliphatic carbocycles. The van der Waals surface area contributed by atoms with Gasteiger partial charge in [-0.1, -0.05) is 30.3 Å². The number of hydrogen-bond acceptors (Lipinski definition) is 5. The normalized spacial score (nSPS) is 15.2. The summed E-state index contributed by atoms with van der Waals surface area (Å²) in [5.74, 6) is 0.294. The quantitative estimate of drug-likeness (QED) is 0.854. The molecule has 1 aromatic heterocycles. The average molecular weight is 363 g/mol. The highest BCUT2D eigenvalue weighted by Crippen LogP contribution is 2.20. The van der Waals surface area contributed by atoms with E-state index in [1.807, 2.05) is 42.5 Å². The van der Waals surface area contributed by atoms with Crippen LogP contribution in [0.25, 0.3) is 0 Å². The molecule has 3 rings (SSSR count). The number of halogens is 1. The minimum absolute atomic E-state index is 0. The van der Waals surface area contributed by atoms with Gasteiger partial charge in [-0.2, -0.15) is 0 Å². The Morgan fingerprint density at radius 1 is 1.20 bits per heavy atom. The summed E-state index contributed by atoms with van der Waals surface area (Å²) in [5.41, 5.74) is 1.88. The van der Waals surface area contributed by atoms with Crippen LogP contribution in [0.4, 0.5) is 11.5 Å². The molecule has 1 fully saturated rings. The number of hydrogen-bond donors (Lipinski definition) is 2. The molecule has 0 spiro atoms. The number of methoxy groups -OCH3 is 1. The fraction of sp³-hybridized carbons (Fsp3) is 0.333. The van der Waals surface area contributed by atoms with Crippen molar-refractivity contribution in [3.05, 3.63) is 54.2 Å². The lowest BCUT2D eigenvalue weighted by Gasteiger charge is -2.29. The number of pyridine rings is 1. The van der Waals surface area contributed by atoms with E-state index in [1.54, 1.807) is 6.20 Å². The van der Waals surface area contributed by atoms with Crippen molar-refractivity contribution >= 4 is 29.8 Å². The number of nitrogens with zero attached hydrogens (tertiary/aromatic N) is 2. The van der Waals surface area contributed by atoms with Crippen molar-refractivity contribution < 1.29 is 9.53 Å². The minimum Gasteiger partial charge on any atom is -0.368 e. The molecule has 1 atom stereocenters. The molecule has 0 radical (unpaired) electrons. The van der Waals surface area contributed by atoms with Crippen LogP contribution < -0.4 is 15.5 Å². The molecule has 1 aliphatic heterocycles. The van der Waals surface area contributed by atoms with Gasteiger partial charge in [0.05, 0.1) is 11.9 Å². The Morgan fingerprint density at radius 2 is 1.92 bits per heavy atom. The van der Waals surface area contributed by atoms with Crippen molar-refractivity contribution in [2.45, 2.75) is 6.10 Å². The summed E-state index contributed by atoms with van der Waals surface area (Å²) in [6.45, 7) is 3.89. The van der Waals surface area contributed by atoms with Gasteiger partial charge in [0.2, 0.25) is 0 Å². The summed E-state index contributed by atoms with van der Waals surface area (Å²) in [6, 6.07) is 13.2. The molecule has 25 heavy (non-hydrogen) atoms. The van der Waals surface area contributed by atoms with E-state index in [1.165, 1.54) is 7.11 Å². The number of rotatable bonds is 5. The third-order valence-corrected chi connectivity index (χ3v) is 4.06. The number of aromatic nitrogens is 1. The van der Waals surface area contributed by atoms with Crippen LogP contribution >= 0.6 is 12.4 Å². The number of anilines is 2. The molecule has 0 saturated carbocycles. The van der Waals surface area contributed by atoms with E-state index in [9.17, 15) is 4.79 Å². The summed E-state index contributed by atoms with van der Waals surface area (Å²) in [7, 11) is 1.53. The lowest BCUT2D eigenvalue weighted by atomic mass is 10.1. The van der Waals surface area contributed by atoms with E-state index in [-0.39, 0.29) is 18.3 Å². The Kier molecular flexibility index (Phi) is 7.18. The van der Waals surface area contributed by atoms with Crippen LogP contribution in [0.3, 0.4) is 0 Å². The van der Waals surface area contributed by atoms with Gasteiger partial charge in [0.1, 0.15) is 5.82 Å². The van der Waals surface area contributed by atoms with Crippen LogP contribution in [-0.2, 0) is 9.53 Å². The molecule has 7 heteroatoms. The number of nitrogens with one attached hydrogen (secondary N) is 2. The Balaban J connectivity index is 0.00000225. The summed E-state index contributed by atoms with van der Waals surface area (Å²) >= 11 is 0. The van der Waals surface area contributed by atoms with E-state index in [0.29, 0.717) is 5.82 Å². The minimum atomic E-state index is -0.652. The lowest BCUT2D eigenvalue weighted by Crippen LogP contribution is -2.43. The van der Waals surface area contributed by atoms with Crippen LogP contribution in [0.1, 0.15) is 11.7 Å². The van der Waals surface area contributed by atoms with Crippen molar-refractivity contribution in [2.75, 3.05) is 43.5 Å². The topological polar surface area (TPSA) is 66.5 Å². The second kappa shape index (κ2) is 9.36. The molecule has 2 aromatic rings. The second-order valence-corrected chi connectivity index (χ2v) is 5.65. The van der Waals surface area contributed by atoms with E-state index in [4.69, 9.17) is 4.74 Å². The predicted octanol–water partition coefficient (Wildman–Crippen LogP) is 2.24. The summed E-state index contributed by atoms with van der Waals surface area (Å²) in [6.07, 6.45) is 1.14. The summed E-state index contributed by atoms with van der Waals surface area (Å²) in [5, 5.41) is 6.14. The molecular weight excluding hydrogens is 340 g/mol. The van der Waals surface area contributed by atoms with Gasteiger partial charge >= 0.3 is 0 Å². The van der Waals surface area contributed by atoms with E-state index >= 15 is 0 Å². The molecule has 0 bridgehead atoms. The average Bonchev–Trinajstić information content (AvgIpc) is 2.64. The molecule has 2 N–H and O–H groups in total. The maximum atomic E-state index is 12.4. The summed E-state index contributed by atoms with van der Waals surface area (Å²) < 4.78 is 5.33. The molecular formula is C18H23ClN4O2. The zero-order chi connectivity index (χ0) is 16.8. The zero-order valence-corrected chi connectivity index (χ0v) is 15.0. The van der Waals surface area contributed by atoms with Gasteiger partial charge in [0, 0.05) is 33.3 Å². The monoisotopic (exact) mass is 362 g/mol. The molecule has 1 saturated heterocycles. The van der Waals surface area contributed by atoms with Crippen LogP contribution in [0.15, 0.2) is 48.7 Å². The largest absolute Gasteiger partial charge is 0.368 e. The number of amides is 1. The van der Waals surface area contributed by atoms with Gasteiger partial charge in [-0.05, 0) is 17.7 Å². The number of benzene rings is 1. The van der Waals surface area contributed by atoms with Crippen molar-refractivity contribution in [1.29, 1.82) is 0 Å². The van der Waals surface area contributed by atoms with Gasteiger partial charge < -0.3 is 20.3 Å². The Bertz CT molecular complexity index is 661. The van der Waals surface area contributed by atoms with Crippen molar-refractivity contribution in [3.8, 4) is 0 Å². The van der Waals surface area contributed by atoms with E-state index < -0.39 is 6.10 Å². The number of piperazine rings is 1. The Hall–Kier alpha value is -2.15. The number of carbonyl (C=O) groups is 1. The molecule has 1 aliphatic rings. The third kappa shape index (κ3) is 4.92. The van der Waals surface area contributed by atoms with Crippen LogP contribution in [0, 0.1) is 0 Å². The summed E-state index contributed by atoms with van der Waals surface area (Å²) in [4.78, 5) is 19.1. The smallest absolute Gasteiger partial charge is 0.259 e. The standard InChI is InChI=1S/C18H22N4O2.ClH/c1-24-17(14-5-3-2-4-6-14)18(23)21-16-8-7-15(13-20-16)22-11-9-19-10-12-22;/h2-8,13,17,19H,9-12H2,1H3,(H,20,21,23);1H. The van der Waals surface area contributed by atoms with Crippen LogP contribution in [-0.4, -0.2) is 44.2 Å². The molecule has 134 valence electrons. The zero-order valence-electron chi connectivity index (χ0n) is 14.1. The third-order valence-electron chi connectivity index (χ3n) is 4.06. The van der Waals surface area contributed by atoms with Gasteiger partial charge in [-0.15, -0.1) is 12.4 Å². The first kappa shape index (κ1) is 19.2. The maximum absolute atomic E-state index is 12.4. The van der Waals surface area contributed by atoms with Gasteiger partial charge in [-0.3, -0.25) is 4.79 Å². The molecule has 1 unspecified atom stereocenters. The second-order valence-electron chi connectivity index (χ2n) is 5.65. The highest BCUT2D eigenvalue weighted by molar-refractivity contribution is 5.94. The molecule has 6 nitrogen and oxygen atoms in total. The number of ether oxygens (including phenoxy) is 1. The first-order valence-electron chi connectivity index (χ1n) is 8.08. The van der Waals surface area contributed by atoms with Crippen molar-refractivity contribution in [1.82, 2.24) is 10.3 Å². The SMILES string of the molecule is COC(C(=O)Nc1ccc(N2CCNCC2)cn1)c1ccccc1.Cl. The lowest BCUT2D eigenvalue weighted by molar-refractivity contribution is -0.126. The van der Waals surface area contributed by atoms with Crippen LogP contribution in [0.5, 0.6) is 0 Å². The van der Waals surface area contributed by atoms with E-state index in [2.05, 4.69) is 20.5 Å². The Labute approximate surface area is 154 Å². The predicted molar refractivity (Wildman–Crippen MR) is 101 cm³/mol. The first-order chi connectivity index (χ1) is 11.8. The molecule has 1 amide bonds. The highest BCUT2D eigenvalue weighted by atomic mass is 35.5. The van der Waals surface area contributed by atoms with Crippen LogP contribution in [0.2, 0.25) is 0 Å². The number of carbonyl (C=O) groups excluding carboxylic acids is 1. The fourth-order valence-electron chi connectivity index (χ4n) is 2.78. The highest BCUT2D eigenvalue weighted by Gasteiger charge is 2.20. The first-order valence-corrected chi connectivity index (χ1v) is 8.08. The maximum Gasteiger partial charge on any atom is 0.259 e. The van der Waals surface area contributed by atoms with E-state index in [0.717, 1.165) is 37.4 Å².